The van der Waals surface area contributed by atoms with Gasteiger partial charge < -0.3 is 15.8 Å². The molecule has 0 bridgehead atoms. The Kier molecular flexibility index (Phi) is 4.48. The number of carbonyl (C=O) groups is 1. The standard InChI is InChI=1S/C13H20N2O4S2/c1-4-7-6-8(7)15-12-11(21(3,17)18)9(14)10(20-12)13(16)19-5-2/h7-8,15H,4-6,14H2,1-3H3. The number of nitrogen functional groups attached to an aromatic ring is 1. The average Bonchev–Trinajstić information content (AvgIpc) is 3.03. The van der Waals surface area contributed by atoms with Gasteiger partial charge in [-0.15, -0.1) is 11.3 Å². The first-order valence-corrected chi connectivity index (χ1v) is 9.56. The van der Waals surface area contributed by atoms with E-state index >= 15 is 0 Å². The van der Waals surface area contributed by atoms with Crippen LogP contribution in [0.5, 0.6) is 0 Å². The number of sulfone groups is 1. The van der Waals surface area contributed by atoms with Gasteiger partial charge in [-0.3, -0.25) is 0 Å². The van der Waals surface area contributed by atoms with Crippen molar-refractivity contribution < 1.29 is 17.9 Å². The van der Waals surface area contributed by atoms with Gasteiger partial charge in [0.2, 0.25) is 0 Å². The Hall–Kier alpha value is -1.28. The lowest BCUT2D eigenvalue weighted by Gasteiger charge is -2.05. The van der Waals surface area contributed by atoms with E-state index in [9.17, 15) is 13.2 Å². The van der Waals surface area contributed by atoms with Crippen molar-refractivity contribution >= 4 is 37.8 Å². The van der Waals surface area contributed by atoms with Gasteiger partial charge >= 0.3 is 5.97 Å². The maximum Gasteiger partial charge on any atom is 0.350 e. The molecule has 1 aromatic heterocycles. The van der Waals surface area contributed by atoms with Crippen molar-refractivity contribution in [3.8, 4) is 0 Å². The third-order valence-electron chi connectivity index (χ3n) is 3.49. The minimum absolute atomic E-state index is 0.0114. The largest absolute Gasteiger partial charge is 0.462 e. The molecule has 1 aromatic rings. The highest BCUT2D eigenvalue weighted by molar-refractivity contribution is 7.91. The van der Waals surface area contributed by atoms with E-state index in [0.717, 1.165) is 30.4 Å². The fraction of sp³-hybridized carbons (Fsp3) is 0.615. The number of rotatable bonds is 6. The molecule has 3 N–H and O–H groups in total. The molecule has 0 aromatic carbocycles. The molecule has 21 heavy (non-hydrogen) atoms. The first kappa shape index (κ1) is 16.1. The molecule has 118 valence electrons. The molecule has 2 rings (SSSR count). The summed E-state index contributed by atoms with van der Waals surface area (Å²) in [6, 6.07) is 0.253. The molecule has 0 radical (unpaired) electrons. The molecule has 1 fully saturated rings. The maximum atomic E-state index is 12.0. The van der Waals surface area contributed by atoms with E-state index in [1.807, 2.05) is 0 Å². The SMILES string of the molecule is CCOC(=O)c1sc(NC2CC2CC)c(S(C)(=O)=O)c1N. The third-order valence-corrected chi connectivity index (χ3v) is 5.91. The Morgan fingerprint density at radius 2 is 2.14 bits per heavy atom. The van der Waals surface area contributed by atoms with E-state index in [-0.39, 0.29) is 28.1 Å². The lowest BCUT2D eigenvalue weighted by molar-refractivity contribution is 0.0533. The predicted octanol–water partition coefficient (Wildman–Crippen LogP) is 2.12. The van der Waals surface area contributed by atoms with Crippen molar-refractivity contribution in [2.24, 2.45) is 5.92 Å². The van der Waals surface area contributed by atoms with Crippen LogP contribution in [0.3, 0.4) is 0 Å². The number of esters is 1. The first-order chi connectivity index (χ1) is 9.79. The van der Waals surface area contributed by atoms with Gasteiger partial charge in [-0.05, 0) is 19.3 Å². The van der Waals surface area contributed by atoms with E-state index < -0.39 is 15.8 Å². The second-order valence-corrected chi connectivity index (χ2v) is 8.12. The number of anilines is 2. The van der Waals surface area contributed by atoms with Gasteiger partial charge in [-0.2, -0.15) is 0 Å². The smallest absolute Gasteiger partial charge is 0.350 e. The van der Waals surface area contributed by atoms with Gasteiger partial charge in [0.15, 0.2) is 9.84 Å². The van der Waals surface area contributed by atoms with Crippen LogP contribution in [-0.2, 0) is 14.6 Å². The fourth-order valence-corrected chi connectivity index (χ4v) is 4.80. The van der Waals surface area contributed by atoms with E-state index in [4.69, 9.17) is 10.5 Å². The number of ether oxygens (including phenoxy) is 1. The molecule has 0 spiro atoms. The van der Waals surface area contributed by atoms with Crippen LogP contribution in [-0.4, -0.2) is 33.3 Å². The molecule has 6 nitrogen and oxygen atoms in total. The molecular formula is C13H20N2O4S2. The van der Waals surface area contributed by atoms with Crippen molar-refractivity contribution in [1.29, 1.82) is 0 Å². The summed E-state index contributed by atoms with van der Waals surface area (Å²) in [4.78, 5) is 12.0. The van der Waals surface area contributed by atoms with Gasteiger partial charge in [0.1, 0.15) is 14.8 Å². The second kappa shape index (κ2) is 5.84. The van der Waals surface area contributed by atoms with Gasteiger partial charge in [0.25, 0.3) is 0 Å². The number of hydrogen-bond donors (Lipinski definition) is 2. The van der Waals surface area contributed by atoms with Crippen LogP contribution in [0.2, 0.25) is 0 Å². The maximum absolute atomic E-state index is 12.0. The Morgan fingerprint density at radius 3 is 2.62 bits per heavy atom. The molecular weight excluding hydrogens is 312 g/mol. The summed E-state index contributed by atoms with van der Waals surface area (Å²) in [5, 5.41) is 3.65. The van der Waals surface area contributed by atoms with Crippen molar-refractivity contribution in [3.05, 3.63) is 4.88 Å². The van der Waals surface area contributed by atoms with E-state index in [1.165, 1.54) is 0 Å². The Bertz CT molecular complexity index is 651. The average molecular weight is 332 g/mol. The lowest BCUT2D eigenvalue weighted by atomic mass is 10.3. The predicted molar refractivity (Wildman–Crippen MR) is 83.6 cm³/mol. The highest BCUT2D eigenvalue weighted by Gasteiger charge is 2.38. The molecule has 0 amide bonds. The van der Waals surface area contributed by atoms with E-state index in [2.05, 4.69) is 12.2 Å². The second-order valence-electron chi connectivity index (χ2n) is 5.15. The van der Waals surface area contributed by atoms with Crippen LogP contribution >= 0.6 is 11.3 Å². The summed E-state index contributed by atoms with van der Waals surface area (Å²) < 4.78 is 28.8. The van der Waals surface area contributed by atoms with Crippen LogP contribution < -0.4 is 11.1 Å². The van der Waals surface area contributed by atoms with Crippen molar-refractivity contribution in [1.82, 2.24) is 0 Å². The zero-order chi connectivity index (χ0) is 15.8. The highest BCUT2D eigenvalue weighted by atomic mass is 32.2. The molecule has 1 saturated carbocycles. The Labute approximate surface area is 128 Å². The normalized spacial score (nSPS) is 21.1. The van der Waals surface area contributed by atoms with Crippen LogP contribution in [0.15, 0.2) is 4.90 Å². The quantitative estimate of drug-likeness (QED) is 0.774. The van der Waals surface area contributed by atoms with Crippen LogP contribution in [0.4, 0.5) is 10.7 Å². The number of carbonyl (C=O) groups excluding carboxylic acids is 1. The van der Waals surface area contributed by atoms with Crippen LogP contribution in [0, 0.1) is 5.92 Å². The number of nitrogens with one attached hydrogen (secondary N) is 1. The minimum Gasteiger partial charge on any atom is -0.462 e. The van der Waals surface area contributed by atoms with Crippen LogP contribution in [0.1, 0.15) is 36.4 Å². The summed E-state index contributed by atoms with van der Waals surface area (Å²) in [5.41, 5.74) is 5.86. The monoisotopic (exact) mass is 332 g/mol. The number of hydrogen-bond acceptors (Lipinski definition) is 7. The van der Waals surface area contributed by atoms with Crippen molar-refractivity contribution in [2.75, 3.05) is 23.9 Å². The summed E-state index contributed by atoms with van der Waals surface area (Å²) in [5.74, 6) is -0.0347. The molecule has 1 heterocycles. The topological polar surface area (TPSA) is 98.5 Å². The first-order valence-electron chi connectivity index (χ1n) is 6.85. The van der Waals surface area contributed by atoms with E-state index in [0.29, 0.717) is 10.9 Å². The van der Waals surface area contributed by atoms with Crippen molar-refractivity contribution in [2.45, 2.75) is 37.6 Å². The van der Waals surface area contributed by atoms with E-state index in [1.54, 1.807) is 6.92 Å². The molecule has 0 saturated heterocycles. The summed E-state index contributed by atoms with van der Waals surface area (Å²) in [6.07, 6.45) is 3.14. The minimum atomic E-state index is -3.52. The summed E-state index contributed by atoms with van der Waals surface area (Å²) in [7, 11) is -3.52. The van der Waals surface area contributed by atoms with Crippen LogP contribution in [0.25, 0.3) is 0 Å². The fourth-order valence-electron chi connectivity index (χ4n) is 2.28. The number of thiophene rings is 1. The molecule has 1 aliphatic rings. The van der Waals surface area contributed by atoms with Gasteiger partial charge in [0.05, 0.1) is 12.3 Å². The summed E-state index contributed by atoms with van der Waals surface area (Å²) >= 11 is 1.05. The highest BCUT2D eigenvalue weighted by Crippen LogP contribution is 2.44. The lowest BCUT2D eigenvalue weighted by Crippen LogP contribution is -2.09. The molecule has 0 aliphatic heterocycles. The van der Waals surface area contributed by atoms with Gasteiger partial charge in [-0.1, -0.05) is 13.3 Å². The molecule has 8 heteroatoms. The third kappa shape index (κ3) is 3.32. The molecule has 1 aliphatic carbocycles. The molecule has 2 atom stereocenters. The Balaban J connectivity index is 2.38. The zero-order valence-electron chi connectivity index (χ0n) is 12.3. The number of nitrogens with two attached hydrogens (primary N) is 1. The Morgan fingerprint density at radius 1 is 1.48 bits per heavy atom. The van der Waals surface area contributed by atoms with Crippen molar-refractivity contribution in [3.63, 3.8) is 0 Å². The summed E-state index contributed by atoms with van der Waals surface area (Å²) in [6.45, 7) is 4.00. The van der Waals surface area contributed by atoms with Gasteiger partial charge in [0, 0.05) is 12.3 Å². The zero-order valence-corrected chi connectivity index (χ0v) is 13.9. The van der Waals surface area contributed by atoms with Gasteiger partial charge in [-0.25, -0.2) is 13.2 Å². The molecule has 2 unspecified atom stereocenters.